The summed E-state index contributed by atoms with van der Waals surface area (Å²) >= 11 is 21.3. The molecule has 2 nitrogen and oxygen atoms in total. The van der Waals surface area contributed by atoms with Crippen LogP contribution in [-0.4, -0.2) is 21.7 Å². The SMILES string of the molecule is CC(Cl)(CCl)OC(=O)C(Cl)Cl. The second-order valence-corrected chi connectivity index (χ2v) is 4.12. The van der Waals surface area contributed by atoms with Crippen molar-refractivity contribution >= 4 is 52.4 Å². The molecule has 0 spiro atoms. The predicted molar refractivity (Wildman–Crippen MR) is 46.6 cm³/mol. The molecule has 0 fully saturated rings. The Kier molecular flexibility index (Phi) is 4.87. The van der Waals surface area contributed by atoms with E-state index < -0.39 is 15.9 Å². The predicted octanol–water partition coefficient (Wildman–Crippen LogP) is 2.53. The molecule has 0 aliphatic heterocycles. The number of ether oxygens (including phenoxy) is 1. The molecule has 0 aromatic rings. The molecule has 0 aromatic heterocycles. The van der Waals surface area contributed by atoms with Gasteiger partial charge in [0.05, 0.1) is 5.88 Å². The van der Waals surface area contributed by atoms with E-state index in [1.165, 1.54) is 6.92 Å². The first-order valence-electron chi connectivity index (χ1n) is 2.65. The van der Waals surface area contributed by atoms with Crippen LogP contribution in [0.2, 0.25) is 0 Å². The summed E-state index contributed by atoms with van der Waals surface area (Å²) < 4.78 is 4.58. The lowest BCUT2D eigenvalue weighted by Crippen LogP contribution is -2.29. The number of rotatable bonds is 3. The molecular formula is C5H6Cl4O2. The summed E-state index contributed by atoms with van der Waals surface area (Å²) in [5.41, 5.74) is 0. The van der Waals surface area contributed by atoms with Gasteiger partial charge in [-0.2, -0.15) is 0 Å². The lowest BCUT2D eigenvalue weighted by atomic mass is 10.4. The Morgan fingerprint density at radius 1 is 1.64 bits per heavy atom. The molecule has 0 saturated carbocycles. The number of halogens is 4. The van der Waals surface area contributed by atoms with Crippen LogP contribution in [0.5, 0.6) is 0 Å². The third kappa shape index (κ3) is 4.96. The summed E-state index contributed by atoms with van der Waals surface area (Å²) in [5.74, 6) is -0.827. The Labute approximate surface area is 84.7 Å². The number of alkyl halides is 4. The average molecular weight is 240 g/mol. The van der Waals surface area contributed by atoms with Crippen molar-refractivity contribution in [3.05, 3.63) is 0 Å². The van der Waals surface area contributed by atoms with Crippen LogP contribution < -0.4 is 0 Å². The standard InChI is InChI=1S/C5H6Cl4O2/c1-5(9,2-6)11-4(10)3(7)8/h3H,2H2,1H3. The Morgan fingerprint density at radius 3 is 2.36 bits per heavy atom. The first-order valence-corrected chi connectivity index (χ1v) is 4.43. The van der Waals surface area contributed by atoms with E-state index in [4.69, 9.17) is 46.4 Å². The van der Waals surface area contributed by atoms with E-state index in [9.17, 15) is 4.79 Å². The third-order valence-electron chi connectivity index (χ3n) is 0.730. The number of hydrogen-bond donors (Lipinski definition) is 0. The zero-order chi connectivity index (χ0) is 9.07. The molecule has 0 aliphatic rings. The molecule has 0 aromatic carbocycles. The molecule has 0 saturated heterocycles. The summed E-state index contributed by atoms with van der Waals surface area (Å²) in [6.07, 6.45) is 0. The first kappa shape index (κ1) is 11.6. The Hall–Kier alpha value is 0.630. The molecule has 11 heavy (non-hydrogen) atoms. The molecule has 0 aliphatic carbocycles. The molecule has 0 N–H and O–H groups in total. The maximum atomic E-state index is 10.7. The number of carbonyl (C=O) groups is 1. The van der Waals surface area contributed by atoms with Crippen molar-refractivity contribution in [3.8, 4) is 0 Å². The van der Waals surface area contributed by atoms with Crippen LogP contribution in [0.4, 0.5) is 0 Å². The molecule has 0 bridgehead atoms. The zero-order valence-electron chi connectivity index (χ0n) is 5.61. The smallest absolute Gasteiger partial charge is 0.341 e. The van der Waals surface area contributed by atoms with E-state index in [0.717, 1.165) is 0 Å². The zero-order valence-corrected chi connectivity index (χ0v) is 8.64. The maximum absolute atomic E-state index is 10.7. The van der Waals surface area contributed by atoms with Gasteiger partial charge in [-0.15, -0.1) is 11.6 Å². The Bertz CT molecular complexity index is 145. The highest BCUT2D eigenvalue weighted by Crippen LogP contribution is 2.20. The van der Waals surface area contributed by atoms with Gasteiger partial charge in [-0.1, -0.05) is 34.8 Å². The molecular weight excluding hydrogens is 234 g/mol. The molecule has 0 rings (SSSR count). The molecule has 0 amide bonds. The topological polar surface area (TPSA) is 26.3 Å². The van der Waals surface area contributed by atoms with Crippen molar-refractivity contribution in [1.29, 1.82) is 0 Å². The number of esters is 1. The Balaban J connectivity index is 3.94. The molecule has 1 atom stereocenters. The van der Waals surface area contributed by atoms with Gasteiger partial charge in [0.25, 0.3) is 0 Å². The van der Waals surface area contributed by atoms with Gasteiger partial charge in [-0.25, -0.2) is 4.79 Å². The largest absolute Gasteiger partial charge is 0.440 e. The van der Waals surface area contributed by atoms with Crippen LogP contribution >= 0.6 is 46.4 Å². The summed E-state index contributed by atoms with van der Waals surface area (Å²) in [6.45, 7) is 1.44. The van der Waals surface area contributed by atoms with Crippen LogP contribution in [0, 0.1) is 0 Å². The molecule has 0 radical (unpaired) electrons. The minimum Gasteiger partial charge on any atom is -0.440 e. The lowest BCUT2D eigenvalue weighted by Gasteiger charge is -2.19. The first-order chi connectivity index (χ1) is 4.89. The van der Waals surface area contributed by atoms with E-state index in [1.54, 1.807) is 0 Å². The van der Waals surface area contributed by atoms with Crippen LogP contribution in [0.25, 0.3) is 0 Å². The van der Waals surface area contributed by atoms with E-state index in [1.807, 2.05) is 0 Å². The fraction of sp³-hybridized carbons (Fsp3) is 0.800. The van der Waals surface area contributed by atoms with Gasteiger partial charge in [0.2, 0.25) is 4.84 Å². The second kappa shape index (κ2) is 4.61. The highest BCUT2D eigenvalue weighted by Gasteiger charge is 2.27. The van der Waals surface area contributed by atoms with Gasteiger partial charge in [0.15, 0.2) is 5.06 Å². The normalized spacial score (nSPS) is 16.2. The van der Waals surface area contributed by atoms with E-state index in [2.05, 4.69) is 4.74 Å². The van der Waals surface area contributed by atoms with Crippen molar-refractivity contribution < 1.29 is 9.53 Å². The van der Waals surface area contributed by atoms with Crippen molar-refractivity contribution in [2.75, 3.05) is 5.88 Å². The monoisotopic (exact) mass is 238 g/mol. The van der Waals surface area contributed by atoms with Crippen LogP contribution in [0.3, 0.4) is 0 Å². The van der Waals surface area contributed by atoms with Gasteiger partial charge in [0.1, 0.15) is 0 Å². The molecule has 1 unspecified atom stereocenters. The second-order valence-electron chi connectivity index (χ2n) is 1.96. The maximum Gasteiger partial charge on any atom is 0.341 e. The van der Waals surface area contributed by atoms with E-state index in [-0.39, 0.29) is 5.88 Å². The highest BCUT2D eigenvalue weighted by molar-refractivity contribution is 6.53. The lowest BCUT2D eigenvalue weighted by molar-refractivity contribution is -0.147. The fourth-order valence-electron chi connectivity index (χ4n) is 0.282. The number of hydrogen-bond acceptors (Lipinski definition) is 2. The molecule has 6 heteroatoms. The quantitative estimate of drug-likeness (QED) is 0.559. The van der Waals surface area contributed by atoms with Crippen molar-refractivity contribution in [2.24, 2.45) is 0 Å². The van der Waals surface area contributed by atoms with Crippen molar-refractivity contribution in [2.45, 2.75) is 16.8 Å². The van der Waals surface area contributed by atoms with Crippen LogP contribution in [0.15, 0.2) is 0 Å². The average Bonchev–Trinajstić information content (AvgIpc) is 1.87. The highest BCUT2D eigenvalue weighted by atomic mass is 35.5. The molecule has 66 valence electrons. The minimum atomic E-state index is -1.24. The summed E-state index contributed by atoms with van der Waals surface area (Å²) in [4.78, 5) is 9.46. The van der Waals surface area contributed by atoms with E-state index in [0.29, 0.717) is 0 Å². The van der Waals surface area contributed by atoms with Crippen molar-refractivity contribution in [1.82, 2.24) is 0 Å². The summed E-state index contributed by atoms with van der Waals surface area (Å²) in [5, 5.41) is -1.24. The van der Waals surface area contributed by atoms with Crippen molar-refractivity contribution in [3.63, 3.8) is 0 Å². The van der Waals surface area contributed by atoms with Gasteiger partial charge >= 0.3 is 5.97 Å². The summed E-state index contributed by atoms with van der Waals surface area (Å²) in [7, 11) is 0. The molecule has 0 heterocycles. The summed E-state index contributed by atoms with van der Waals surface area (Å²) in [6, 6.07) is 0. The van der Waals surface area contributed by atoms with E-state index >= 15 is 0 Å². The third-order valence-corrected chi connectivity index (χ3v) is 1.94. The Morgan fingerprint density at radius 2 is 2.09 bits per heavy atom. The van der Waals surface area contributed by atoms with Crippen LogP contribution in [0.1, 0.15) is 6.92 Å². The van der Waals surface area contributed by atoms with Gasteiger partial charge < -0.3 is 4.74 Å². The van der Waals surface area contributed by atoms with Gasteiger partial charge in [-0.3, -0.25) is 0 Å². The van der Waals surface area contributed by atoms with Crippen LogP contribution in [-0.2, 0) is 9.53 Å². The number of carbonyl (C=O) groups excluding carboxylic acids is 1. The minimum absolute atomic E-state index is 0.0270. The van der Waals surface area contributed by atoms with Gasteiger partial charge in [-0.05, 0) is 6.92 Å². The fourth-order valence-corrected chi connectivity index (χ4v) is 0.501. The van der Waals surface area contributed by atoms with Gasteiger partial charge in [0, 0.05) is 0 Å².